The van der Waals surface area contributed by atoms with Crippen LogP contribution in [0.3, 0.4) is 0 Å². The third kappa shape index (κ3) is 11.9. The number of carbonyl (C=O) groups excluding carboxylic acids is 5. The Morgan fingerprint density at radius 2 is 1.76 bits per heavy atom. The van der Waals surface area contributed by atoms with Crippen LogP contribution in [0.15, 0.2) is 23.8 Å². The second-order valence-corrected chi connectivity index (χ2v) is 20.3. The van der Waals surface area contributed by atoms with Gasteiger partial charge in [0.1, 0.15) is 42.0 Å². The lowest BCUT2D eigenvalue weighted by Crippen LogP contribution is -2.46. The number of hydrogen-bond acceptors (Lipinski definition) is 24. The minimum Gasteiger partial charge on any atom is -0.790 e. The molecule has 344 valence electrons. The van der Waals surface area contributed by atoms with E-state index >= 15 is 0 Å². The SMILES string of the molecule is CC(C)(COP(=O)([O-])OP(=O)([O-])OC[C@H]1O[C@@H](n2cnc3c(N)ncnc32)[C@H](O)[C@@H]1OP(=O)([O-])[O-])[C@@H](O)C(=O)NCCC(=O)NCCSC(=O)C1=C2CCC(=O)[C@@]2(C)CCC1=O. The van der Waals surface area contributed by atoms with Crippen molar-refractivity contribution in [2.45, 2.75) is 83.5 Å². The summed E-state index contributed by atoms with van der Waals surface area (Å²) in [6.07, 6.45) is -6.71. The maximum absolute atomic E-state index is 12.9. The molecule has 3 aliphatic rings. The number of Topliss-reactive ketones (excluding diaryl/α,β-unsaturated/α-hetero) is 2. The number of hydrogen-bond donors (Lipinski definition) is 5. The first-order valence-electron chi connectivity index (χ1n) is 18.5. The summed E-state index contributed by atoms with van der Waals surface area (Å²) < 4.78 is 60.6. The highest BCUT2D eigenvalue weighted by Gasteiger charge is 2.49. The number of amides is 2. The van der Waals surface area contributed by atoms with Crippen molar-refractivity contribution in [3.8, 4) is 0 Å². The molecule has 0 radical (unpaired) electrons. The van der Waals surface area contributed by atoms with Gasteiger partial charge in [0.2, 0.25) is 16.9 Å². The molecule has 2 unspecified atom stereocenters. The molecule has 2 aromatic rings. The topological polar surface area (TPSA) is 409 Å². The summed E-state index contributed by atoms with van der Waals surface area (Å²) in [6.45, 7) is 1.50. The zero-order valence-corrected chi connectivity index (χ0v) is 36.6. The van der Waals surface area contributed by atoms with Crippen LogP contribution >= 0.6 is 35.2 Å². The van der Waals surface area contributed by atoms with E-state index in [1.54, 1.807) is 6.92 Å². The van der Waals surface area contributed by atoms with E-state index in [-0.39, 0.29) is 72.2 Å². The van der Waals surface area contributed by atoms with Gasteiger partial charge in [-0.2, -0.15) is 0 Å². The first-order valence-corrected chi connectivity index (χ1v) is 23.9. The number of rotatable bonds is 20. The molecule has 30 heteroatoms. The fourth-order valence-corrected chi connectivity index (χ4v) is 10.4. The number of nitrogen functional groups attached to an aromatic ring is 1. The summed E-state index contributed by atoms with van der Waals surface area (Å²) >= 11 is 0.828. The largest absolute Gasteiger partial charge is 0.790 e. The van der Waals surface area contributed by atoms with Crippen LogP contribution < -0.4 is 35.9 Å². The Hall–Kier alpha value is -3.36. The first kappa shape index (κ1) is 49.7. The van der Waals surface area contributed by atoms with Crippen LogP contribution in [-0.2, 0) is 60.3 Å². The molecular weight excluding hydrogens is 911 g/mol. The number of carbonyl (C=O) groups is 5. The molecule has 1 aliphatic heterocycles. The van der Waals surface area contributed by atoms with Crippen molar-refractivity contribution in [3.05, 3.63) is 23.8 Å². The van der Waals surface area contributed by atoms with Crippen LogP contribution in [0.25, 0.3) is 11.2 Å². The lowest BCUT2D eigenvalue weighted by Gasteiger charge is -2.36. The zero-order chi connectivity index (χ0) is 46.0. The number of fused-ring (bicyclic) bond motifs is 2. The fourth-order valence-electron chi connectivity index (χ4n) is 6.87. The number of aliphatic hydroxyl groups is 2. The molecule has 0 bridgehead atoms. The number of nitrogens with two attached hydrogens (primary N) is 1. The van der Waals surface area contributed by atoms with Crippen LogP contribution in [0.2, 0.25) is 0 Å². The minimum atomic E-state index is -5.95. The average Bonchev–Trinajstić information content (AvgIpc) is 3.83. The van der Waals surface area contributed by atoms with Crippen LogP contribution in [0, 0.1) is 10.8 Å². The number of aliphatic hydroxyl groups excluding tert-OH is 2. The molecule has 2 aliphatic carbocycles. The molecule has 1 saturated carbocycles. The predicted molar refractivity (Wildman–Crippen MR) is 202 cm³/mol. The van der Waals surface area contributed by atoms with Crippen molar-refractivity contribution in [1.29, 1.82) is 0 Å². The summed E-state index contributed by atoms with van der Waals surface area (Å²) in [7, 11) is -17.7. The molecule has 6 N–H and O–H groups in total. The predicted octanol–water partition coefficient (Wildman–Crippen LogP) is -2.83. The van der Waals surface area contributed by atoms with Gasteiger partial charge in [-0.15, -0.1) is 0 Å². The second-order valence-electron chi connectivity index (χ2n) is 15.2. The van der Waals surface area contributed by atoms with Gasteiger partial charge >= 0.3 is 0 Å². The van der Waals surface area contributed by atoms with Gasteiger partial charge in [-0.3, -0.25) is 37.7 Å². The van der Waals surface area contributed by atoms with E-state index in [1.165, 1.54) is 13.8 Å². The zero-order valence-electron chi connectivity index (χ0n) is 33.1. The van der Waals surface area contributed by atoms with Gasteiger partial charge in [-0.1, -0.05) is 25.6 Å². The monoisotopic (exact) mass is 953 g/mol. The average molecular weight is 954 g/mol. The molecule has 62 heavy (non-hydrogen) atoms. The second kappa shape index (κ2) is 19.4. The van der Waals surface area contributed by atoms with E-state index < -0.39 is 95.1 Å². The number of anilines is 1. The minimum absolute atomic E-state index is 0.00361. The Morgan fingerprint density at radius 1 is 1.06 bits per heavy atom. The Kier molecular flexibility index (Phi) is 15.5. The lowest BCUT2D eigenvalue weighted by atomic mass is 9.72. The molecule has 5 rings (SSSR count). The molecule has 0 spiro atoms. The maximum atomic E-state index is 12.9. The Bertz CT molecular complexity index is 2270. The van der Waals surface area contributed by atoms with E-state index in [0.717, 1.165) is 29.0 Å². The number of aromatic nitrogens is 4. The molecule has 2 amide bonds. The molecule has 0 aromatic carbocycles. The summed E-state index contributed by atoms with van der Waals surface area (Å²) in [5.41, 5.74) is 3.82. The number of phosphoric acid groups is 3. The highest BCUT2D eigenvalue weighted by molar-refractivity contribution is 8.14. The summed E-state index contributed by atoms with van der Waals surface area (Å²) in [6, 6.07) is 0. The maximum Gasteiger partial charge on any atom is 0.274 e. The van der Waals surface area contributed by atoms with Crippen LogP contribution in [0.4, 0.5) is 5.82 Å². The van der Waals surface area contributed by atoms with Crippen LogP contribution in [0.5, 0.6) is 0 Å². The number of ketones is 2. The number of phosphoric ester groups is 3. The van der Waals surface area contributed by atoms with Crippen LogP contribution in [0.1, 0.15) is 59.1 Å². The van der Waals surface area contributed by atoms with E-state index in [9.17, 15) is 67.5 Å². The van der Waals surface area contributed by atoms with Gasteiger partial charge in [0.25, 0.3) is 15.6 Å². The molecule has 3 heterocycles. The van der Waals surface area contributed by atoms with Gasteiger partial charge < -0.3 is 69.0 Å². The van der Waals surface area contributed by atoms with Gasteiger partial charge in [0.05, 0.1) is 32.9 Å². The quantitative estimate of drug-likeness (QED) is 0.0507. The molecule has 26 nitrogen and oxygen atoms in total. The Morgan fingerprint density at radius 3 is 2.45 bits per heavy atom. The Labute approximate surface area is 356 Å². The highest BCUT2D eigenvalue weighted by atomic mass is 32.2. The number of thioether (sulfide) groups is 1. The standard InChI is InChI=1S/C32H46N7O19P3S/c1-31(2,25(44)28(45)35-9-7-20(42)34-10-11-62-30(46)21-16-4-5-19(41)32(16,3)8-6-17(21)40)13-55-61(52,53)58-60(50,51)54-12-18-24(57-59(47,48)49)23(43)29(56-18)39-15-38-22-26(33)36-14-37-27(22)39/h14-15,18,23-25,29,43-44H,4-13H2,1-3H3,(H,34,42)(H,35,45)(H,50,51)(H,52,53)(H2,33,36,37)(H2,47,48,49)/p-4/t18-,23-,24-,25+,29-,32+/m1/s1. The third-order valence-corrected chi connectivity index (χ3v) is 14.1. The van der Waals surface area contributed by atoms with Crippen molar-refractivity contribution in [1.82, 2.24) is 30.2 Å². The van der Waals surface area contributed by atoms with Gasteiger partial charge in [0, 0.05) is 48.9 Å². The van der Waals surface area contributed by atoms with Gasteiger partial charge in [-0.25, -0.2) is 19.3 Å². The number of imidazole rings is 1. The highest BCUT2D eigenvalue weighted by Crippen LogP contribution is 2.56. The third-order valence-electron chi connectivity index (χ3n) is 10.2. The summed E-state index contributed by atoms with van der Waals surface area (Å²) in [5.74, 6) is -1.89. The molecule has 8 atom stereocenters. The van der Waals surface area contributed by atoms with E-state index in [2.05, 4.69) is 43.5 Å². The molecular formula is C32H42N7O19P3S-4. The fraction of sp³-hybridized carbons (Fsp3) is 0.625. The number of nitrogens with zero attached hydrogens (tertiary/aromatic N) is 4. The van der Waals surface area contributed by atoms with E-state index in [0.29, 0.717) is 18.4 Å². The smallest absolute Gasteiger partial charge is 0.274 e. The van der Waals surface area contributed by atoms with Crippen molar-refractivity contribution < 1.29 is 90.1 Å². The van der Waals surface area contributed by atoms with Gasteiger partial charge in [-0.05, 0) is 25.3 Å². The van der Waals surface area contributed by atoms with Crippen molar-refractivity contribution in [2.24, 2.45) is 10.8 Å². The molecule has 2 aromatic heterocycles. The van der Waals surface area contributed by atoms with Crippen molar-refractivity contribution >= 4 is 80.7 Å². The number of ether oxygens (including phenoxy) is 1. The number of allylic oxidation sites excluding steroid dienone is 1. The molecule has 2 fully saturated rings. The lowest BCUT2D eigenvalue weighted by molar-refractivity contribution is -0.347. The van der Waals surface area contributed by atoms with E-state index in [4.69, 9.17) is 10.5 Å². The van der Waals surface area contributed by atoms with Gasteiger partial charge in [0.15, 0.2) is 23.5 Å². The Balaban J connectivity index is 1.05. The number of nitrogens with one attached hydrogen (secondary N) is 2. The molecule has 1 saturated heterocycles. The van der Waals surface area contributed by atoms with E-state index in [1.807, 2.05) is 0 Å². The van der Waals surface area contributed by atoms with Crippen LogP contribution in [-0.4, -0.2) is 115 Å². The van der Waals surface area contributed by atoms with Crippen molar-refractivity contribution in [2.75, 3.05) is 37.8 Å². The summed E-state index contributed by atoms with van der Waals surface area (Å²) in [5, 5.41) is 25.8. The summed E-state index contributed by atoms with van der Waals surface area (Å²) in [4.78, 5) is 122. The normalized spacial score (nSPS) is 25.6. The van der Waals surface area contributed by atoms with Crippen molar-refractivity contribution in [3.63, 3.8) is 0 Å². The first-order chi connectivity index (χ1) is 28.8.